The summed E-state index contributed by atoms with van der Waals surface area (Å²) in [7, 11) is 3.32. The van der Waals surface area contributed by atoms with Crippen LogP contribution in [0.1, 0.15) is 13.3 Å². The highest BCUT2D eigenvalue weighted by atomic mass is 32.2. The van der Waals surface area contributed by atoms with E-state index in [0.29, 0.717) is 36.5 Å². The summed E-state index contributed by atoms with van der Waals surface area (Å²) in [6, 6.07) is 0. The van der Waals surface area contributed by atoms with Gasteiger partial charge < -0.3 is 9.30 Å². The van der Waals surface area contributed by atoms with E-state index in [9.17, 15) is 14.4 Å². The van der Waals surface area contributed by atoms with Crippen molar-refractivity contribution in [2.24, 2.45) is 14.1 Å². The average Bonchev–Trinajstić information content (AvgIpc) is 2.90. The highest BCUT2D eigenvalue weighted by molar-refractivity contribution is 7.99. The van der Waals surface area contributed by atoms with Crippen molar-refractivity contribution in [3.63, 3.8) is 0 Å². The minimum absolute atomic E-state index is 0.248. The fourth-order valence-corrected chi connectivity index (χ4v) is 3.00. The van der Waals surface area contributed by atoms with Crippen LogP contribution >= 0.6 is 11.8 Å². The van der Waals surface area contributed by atoms with Crippen molar-refractivity contribution in [2.75, 3.05) is 18.1 Å². The van der Waals surface area contributed by atoms with Crippen LogP contribution in [-0.4, -0.2) is 42.8 Å². The Kier molecular flexibility index (Phi) is 5.64. The number of ether oxygens (including phenoxy) is 1. The van der Waals surface area contributed by atoms with Gasteiger partial charge in [-0.2, -0.15) is 11.8 Å². The lowest BCUT2D eigenvalue weighted by Crippen LogP contribution is -2.39. The van der Waals surface area contributed by atoms with Crippen LogP contribution in [0.2, 0.25) is 0 Å². The van der Waals surface area contributed by atoms with Crippen molar-refractivity contribution >= 4 is 28.9 Å². The number of carbonyl (C=O) groups is 1. The molecule has 0 fully saturated rings. The van der Waals surface area contributed by atoms with Crippen LogP contribution in [0.3, 0.4) is 0 Å². The molecule has 2 aromatic rings. The topological polar surface area (TPSA) is 88.1 Å². The Labute approximate surface area is 137 Å². The van der Waals surface area contributed by atoms with Gasteiger partial charge in [0.25, 0.3) is 5.56 Å². The second kappa shape index (κ2) is 7.49. The molecule has 0 aliphatic rings. The number of fused-ring (bicyclic) bond motifs is 1. The zero-order chi connectivity index (χ0) is 17.0. The molecule has 0 atom stereocenters. The van der Waals surface area contributed by atoms with Gasteiger partial charge in [0.2, 0.25) is 0 Å². The lowest BCUT2D eigenvalue weighted by molar-refractivity contribution is -0.139. The molecule has 2 rings (SSSR count). The van der Waals surface area contributed by atoms with Crippen LogP contribution in [0.4, 0.5) is 0 Å². The number of hydrogen-bond donors (Lipinski definition) is 0. The van der Waals surface area contributed by atoms with Crippen LogP contribution in [0.25, 0.3) is 11.2 Å². The van der Waals surface area contributed by atoms with E-state index in [0.717, 1.165) is 0 Å². The standard InChI is InChI=1S/C14H20N4O4S/c1-4-22-10(19)8-23-7-5-6-18-13(20)11-12(15-9-16(11)2)17(3)14(18)21/h9H,4-8H2,1-3H3. The summed E-state index contributed by atoms with van der Waals surface area (Å²) in [5, 5.41) is 0. The Morgan fingerprint density at radius 1 is 1.35 bits per heavy atom. The van der Waals surface area contributed by atoms with Crippen LogP contribution in [-0.2, 0) is 30.2 Å². The Bertz CT molecular complexity index is 821. The van der Waals surface area contributed by atoms with Gasteiger partial charge in [-0.3, -0.25) is 18.7 Å². The predicted molar refractivity (Wildman–Crippen MR) is 88.8 cm³/mol. The minimum atomic E-state index is -0.378. The molecule has 0 N–H and O–H groups in total. The van der Waals surface area contributed by atoms with Gasteiger partial charge in [-0.05, 0) is 19.1 Å². The van der Waals surface area contributed by atoms with Gasteiger partial charge in [0.15, 0.2) is 11.2 Å². The van der Waals surface area contributed by atoms with Crippen LogP contribution < -0.4 is 11.2 Å². The average molecular weight is 340 g/mol. The number of carbonyl (C=O) groups excluding carboxylic acids is 1. The Hall–Kier alpha value is -2.03. The number of rotatable bonds is 7. The maximum atomic E-state index is 12.4. The highest BCUT2D eigenvalue weighted by Gasteiger charge is 2.14. The molecule has 0 aromatic carbocycles. The van der Waals surface area contributed by atoms with Crippen molar-refractivity contribution < 1.29 is 9.53 Å². The van der Waals surface area contributed by atoms with Crippen LogP contribution in [0.15, 0.2) is 15.9 Å². The lowest BCUT2D eigenvalue weighted by Gasteiger charge is -2.08. The number of thioether (sulfide) groups is 1. The minimum Gasteiger partial charge on any atom is -0.465 e. The fourth-order valence-electron chi connectivity index (χ4n) is 2.28. The molecule has 2 aromatic heterocycles. The summed E-state index contributed by atoms with van der Waals surface area (Å²) >= 11 is 1.43. The molecular formula is C14H20N4O4S. The van der Waals surface area contributed by atoms with Gasteiger partial charge >= 0.3 is 11.7 Å². The van der Waals surface area contributed by atoms with E-state index >= 15 is 0 Å². The van der Waals surface area contributed by atoms with Gasteiger partial charge in [-0.15, -0.1) is 0 Å². The Balaban J connectivity index is 2.06. The Morgan fingerprint density at radius 2 is 2.09 bits per heavy atom. The van der Waals surface area contributed by atoms with Crippen molar-refractivity contribution in [2.45, 2.75) is 19.9 Å². The SMILES string of the molecule is CCOC(=O)CSCCCn1c(=O)c2c(ncn2C)n(C)c1=O. The first-order valence-corrected chi connectivity index (χ1v) is 8.47. The molecule has 0 unspecified atom stereocenters. The number of aryl methyl sites for hydroxylation is 2. The van der Waals surface area contributed by atoms with Crippen molar-refractivity contribution in [1.82, 2.24) is 18.7 Å². The van der Waals surface area contributed by atoms with Gasteiger partial charge in [0, 0.05) is 20.6 Å². The zero-order valence-electron chi connectivity index (χ0n) is 13.4. The zero-order valence-corrected chi connectivity index (χ0v) is 14.3. The first kappa shape index (κ1) is 17.3. The number of hydrogen-bond acceptors (Lipinski definition) is 6. The Morgan fingerprint density at radius 3 is 2.78 bits per heavy atom. The normalized spacial score (nSPS) is 11.1. The first-order chi connectivity index (χ1) is 11.0. The molecule has 23 heavy (non-hydrogen) atoms. The maximum Gasteiger partial charge on any atom is 0.332 e. The first-order valence-electron chi connectivity index (χ1n) is 7.31. The van der Waals surface area contributed by atoms with E-state index in [1.807, 2.05) is 0 Å². The molecule has 0 saturated heterocycles. The number of aromatic nitrogens is 4. The van der Waals surface area contributed by atoms with E-state index in [1.165, 1.54) is 27.2 Å². The molecular weight excluding hydrogens is 320 g/mol. The molecule has 0 radical (unpaired) electrons. The summed E-state index contributed by atoms with van der Waals surface area (Å²) in [6.45, 7) is 2.44. The largest absolute Gasteiger partial charge is 0.465 e. The van der Waals surface area contributed by atoms with Crippen molar-refractivity contribution in [1.29, 1.82) is 0 Å². The molecule has 9 heteroatoms. The second-order valence-corrected chi connectivity index (χ2v) is 6.14. The van der Waals surface area contributed by atoms with Gasteiger partial charge in [-0.1, -0.05) is 0 Å². The molecule has 2 heterocycles. The third-order valence-electron chi connectivity index (χ3n) is 3.40. The third-order valence-corrected chi connectivity index (χ3v) is 4.41. The fraction of sp³-hybridized carbons (Fsp3) is 0.571. The van der Waals surface area contributed by atoms with E-state index < -0.39 is 0 Å². The molecule has 0 amide bonds. The summed E-state index contributed by atoms with van der Waals surface area (Å²) in [5.41, 5.74) is 0.0804. The quantitative estimate of drug-likeness (QED) is 0.525. The molecule has 0 aliphatic carbocycles. The summed E-state index contributed by atoms with van der Waals surface area (Å²) in [4.78, 5) is 40.0. The van der Waals surface area contributed by atoms with Crippen LogP contribution in [0.5, 0.6) is 0 Å². The van der Waals surface area contributed by atoms with Gasteiger partial charge in [0.05, 0.1) is 18.7 Å². The van der Waals surface area contributed by atoms with E-state index in [4.69, 9.17) is 4.74 Å². The number of esters is 1. The van der Waals surface area contributed by atoms with Gasteiger partial charge in [-0.25, -0.2) is 9.78 Å². The summed E-state index contributed by atoms with van der Waals surface area (Å²) in [6.07, 6.45) is 2.13. The molecule has 0 bridgehead atoms. The molecule has 8 nitrogen and oxygen atoms in total. The number of nitrogens with zero attached hydrogens (tertiary/aromatic N) is 4. The monoisotopic (exact) mass is 340 g/mol. The lowest BCUT2D eigenvalue weighted by atomic mass is 10.4. The second-order valence-electron chi connectivity index (χ2n) is 5.04. The van der Waals surface area contributed by atoms with E-state index in [-0.39, 0.29) is 23.0 Å². The van der Waals surface area contributed by atoms with E-state index in [1.54, 1.807) is 25.6 Å². The molecule has 0 saturated carbocycles. The predicted octanol–water partition coefficient (Wildman–Crippen LogP) is 0.120. The molecule has 0 aliphatic heterocycles. The third kappa shape index (κ3) is 3.66. The number of imidazole rings is 1. The van der Waals surface area contributed by atoms with E-state index in [2.05, 4.69) is 4.98 Å². The smallest absolute Gasteiger partial charge is 0.332 e. The van der Waals surface area contributed by atoms with Crippen molar-refractivity contribution in [3.05, 3.63) is 27.2 Å². The van der Waals surface area contributed by atoms with Crippen molar-refractivity contribution in [3.8, 4) is 0 Å². The molecule has 0 spiro atoms. The summed E-state index contributed by atoms with van der Waals surface area (Å²) < 4.78 is 9.04. The van der Waals surface area contributed by atoms with Gasteiger partial charge in [0.1, 0.15) is 0 Å². The highest BCUT2D eigenvalue weighted by Crippen LogP contribution is 2.05. The van der Waals surface area contributed by atoms with Crippen LogP contribution in [0, 0.1) is 0 Å². The summed E-state index contributed by atoms with van der Waals surface area (Å²) in [5.74, 6) is 0.696. The molecule has 126 valence electrons. The maximum absolute atomic E-state index is 12.4.